The van der Waals surface area contributed by atoms with E-state index < -0.39 is 0 Å². The molecule has 0 radical (unpaired) electrons. The zero-order chi connectivity index (χ0) is 13.5. The summed E-state index contributed by atoms with van der Waals surface area (Å²) < 4.78 is 9.76. The van der Waals surface area contributed by atoms with Gasteiger partial charge in [-0.2, -0.15) is 0 Å². The predicted octanol–water partition coefficient (Wildman–Crippen LogP) is 1.87. The predicted molar refractivity (Wildman–Crippen MR) is 73.6 cm³/mol. The molecular weight excluding hydrogens is 270 g/mol. The van der Waals surface area contributed by atoms with Gasteiger partial charge in [0.2, 0.25) is 6.79 Å². The second-order valence-corrected chi connectivity index (χ2v) is 5.15. The van der Waals surface area contributed by atoms with Gasteiger partial charge in [0.05, 0.1) is 11.8 Å². The minimum absolute atomic E-state index is 0. The van der Waals surface area contributed by atoms with Crippen LogP contribution in [0.15, 0.2) is 0 Å². The van der Waals surface area contributed by atoms with E-state index in [4.69, 9.17) is 15.2 Å². The Hall–Kier alpha value is -0.810. The third-order valence-corrected chi connectivity index (χ3v) is 3.39. The molecule has 2 N–H and O–H groups in total. The summed E-state index contributed by atoms with van der Waals surface area (Å²) in [6, 6.07) is 0. The second-order valence-electron chi connectivity index (χ2n) is 5.15. The van der Waals surface area contributed by atoms with E-state index in [1.165, 1.54) is 0 Å². The van der Waals surface area contributed by atoms with Crippen LogP contribution >= 0.6 is 12.4 Å². The molecule has 0 saturated heterocycles. The summed E-state index contributed by atoms with van der Waals surface area (Å²) in [5, 5.41) is 0. The molecule has 0 spiro atoms. The Kier molecular flexibility index (Phi) is 8.76. The van der Waals surface area contributed by atoms with Gasteiger partial charge >= 0.3 is 11.9 Å². The van der Waals surface area contributed by atoms with Crippen LogP contribution in [0.25, 0.3) is 0 Å². The first kappa shape index (κ1) is 18.2. The highest BCUT2D eigenvalue weighted by atomic mass is 35.5. The molecular formula is C13H24ClNO4. The van der Waals surface area contributed by atoms with Gasteiger partial charge in [0.15, 0.2) is 0 Å². The first-order valence-corrected chi connectivity index (χ1v) is 6.58. The van der Waals surface area contributed by atoms with E-state index in [-0.39, 0.29) is 43.0 Å². The lowest BCUT2D eigenvalue weighted by atomic mass is 9.82. The zero-order valence-corrected chi connectivity index (χ0v) is 12.4. The molecule has 0 aromatic rings. The Morgan fingerprint density at radius 2 is 1.74 bits per heavy atom. The maximum absolute atomic E-state index is 11.7. The number of rotatable bonds is 5. The van der Waals surface area contributed by atoms with E-state index in [9.17, 15) is 9.59 Å². The van der Waals surface area contributed by atoms with Crippen molar-refractivity contribution in [2.75, 3.05) is 13.3 Å². The largest absolute Gasteiger partial charge is 0.428 e. The van der Waals surface area contributed by atoms with Crippen LogP contribution in [0.4, 0.5) is 0 Å². The molecule has 1 aliphatic carbocycles. The average molecular weight is 294 g/mol. The van der Waals surface area contributed by atoms with Gasteiger partial charge in [-0.3, -0.25) is 9.59 Å². The molecule has 0 amide bonds. The van der Waals surface area contributed by atoms with Gasteiger partial charge in [0.25, 0.3) is 0 Å². The summed E-state index contributed by atoms with van der Waals surface area (Å²) in [5.74, 6) is -0.348. The maximum atomic E-state index is 11.7. The van der Waals surface area contributed by atoms with Crippen molar-refractivity contribution in [3.8, 4) is 0 Å². The quantitative estimate of drug-likeness (QED) is 0.618. The highest BCUT2D eigenvalue weighted by Gasteiger charge is 2.26. The van der Waals surface area contributed by atoms with Crippen molar-refractivity contribution in [1.29, 1.82) is 0 Å². The molecule has 0 aromatic heterocycles. The van der Waals surface area contributed by atoms with Crippen molar-refractivity contribution in [2.45, 2.75) is 39.5 Å². The molecule has 0 aromatic carbocycles. The Balaban J connectivity index is 0.00000324. The van der Waals surface area contributed by atoms with Gasteiger partial charge < -0.3 is 15.2 Å². The molecule has 5 nitrogen and oxygen atoms in total. The van der Waals surface area contributed by atoms with Gasteiger partial charge in [-0.15, -0.1) is 12.4 Å². The molecule has 1 fully saturated rings. The van der Waals surface area contributed by atoms with Crippen molar-refractivity contribution in [3.63, 3.8) is 0 Å². The number of esters is 2. The summed E-state index contributed by atoms with van der Waals surface area (Å²) in [7, 11) is 0. The first-order valence-electron chi connectivity index (χ1n) is 6.58. The molecule has 0 bridgehead atoms. The van der Waals surface area contributed by atoms with Gasteiger partial charge in [-0.25, -0.2) is 0 Å². The van der Waals surface area contributed by atoms with Crippen molar-refractivity contribution in [2.24, 2.45) is 23.5 Å². The highest BCUT2D eigenvalue weighted by Crippen LogP contribution is 2.28. The van der Waals surface area contributed by atoms with Crippen LogP contribution in [-0.4, -0.2) is 25.3 Å². The fourth-order valence-electron chi connectivity index (χ4n) is 2.06. The molecule has 1 saturated carbocycles. The van der Waals surface area contributed by atoms with Crippen molar-refractivity contribution in [3.05, 3.63) is 0 Å². The number of hydrogen-bond donors (Lipinski definition) is 1. The van der Waals surface area contributed by atoms with Crippen LogP contribution in [0.3, 0.4) is 0 Å². The Morgan fingerprint density at radius 1 is 1.16 bits per heavy atom. The van der Waals surface area contributed by atoms with Gasteiger partial charge in [0, 0.05) is 0 Å². The topological polar surface area (TPSA) is 78.6 Å². The molecule has 1 aliphatic rings. The number of carbonyl (C=O) groups is 2. The Morgan fingerprint density at radius 3 is 2.21 bits per heavy atom. The van der Waals surface area contributed by atoms with E-state index in [0.29, 0.717) is 12.5 Å². The zero-order valence-electron chi connectivity index (χ0n) is 11.6. The van der Waals surface area contributed by atoms with Crippen LogP contribution in [0, 0.1) is 17.8 Å². The minimum atomic E-state index is -0.352. The van der Waals surface area contributed by atoms with Crippen LogP contribution in [0.1, 0.15) is 39.5 Å². The van der Waals surface area contributed by atoms with Crippen molar-refractivity contribution < 1.29 is 19.1 Å². The SMILES string of the molecule is CC(C)C(=O)OCOC(=O)C1CCC(CN)CC1.Cl. The third-order valence-electron chi connectivity index (χ3n) is 3.39. The molecule has 0 unspecified atom stereocenters. The van der Waals surface area contributed by atoms with E-state index >= 15 is 0 Å². The first-order chi connectivity index (χ1) is 8.54. The lowest BCUT2D eigenvalue weighted by molar-refractivity contribution is -0.172. The molecule has 6 heteroatoms. The minimum Gasteiger partial charge on any atom is -0.428 e. The highest BCUT2D eigenvalue weighted by molar-refractivity contribution is 5.85. The molecule has 0 atom stereocenters. The number of hydrogen-bond acceptors (Lipinski definition) is 5. The van der Waals surface area contributed by atoms with E-state index in [0.717, 1.165) is 25.7 Å². The Labute approximate surface area is 120 Å². The van der Waals surface area contributed by atoms with Crippen LogP contribution in [0.2, 0.25) is 0 Å². The molecule has 1 rings (SSSR count). The molecule has 0 aliphatic heterocycles. The number of carbonyl (C=O) groups excluding carboxylic acids is 2. The summed E-state index contributed by atoms with van der Waals surface area (Å²) in [6.45, 7) is 3.89. The summed E-state index contributed by atoms with van der Waals surface area (Å²) >= 11 is 0. The van der Waals surface area contributed by atoms with E-state index in [1.807, 2.05) is 0 Å². The van der Waals surface area contributed by atoms with Crippen molar-refractivity contribution in [1.82, 2.24) is 0 Å². The summed E-state index contributed by atoms with van der Waals surface area (Å²) in [4.78, 5) is 22.9. The molecule has 0 heterocycles. The van der Waals surface area contributed by atoms with Crippen molar-refractivity contribution >= 4 is 24.3 Å². The number of ether oxygens (including phenoxy) is 2. The fourth-order valence-corrected chi connectivity index (χ4v) is 2.06. The standard InChI is InChI=1S/C13H23NO4.ClH/c1-9(2)12(15)17-8-18-13(16)11-5-3-10(7-14)4-6-11;/h9-11H,3-8,14H2,1-2H3;1H. The monoisotopic (exact) mass is 293 g/mol. The van der Waals surface area contributed by atoms with Gasteiger partial charge in [-0.1, -0.05) is 13.8 Å². The van der Waals surface area contributed by atoms with Gasteiger partial charge in [-0.05, 0) is 38.1 Å². The van der Waals surface area contributed by atoms with Gasteiger partial charge in [0.1, 0.15) is 0 Å². The normalized spacial score (nSPS) is 22.5. The van der Waals surface area contributed by atoms with Crippen LogP contribution in [-0.2, 0) is 19.1 Å². The summed E-state index contributed by atoms with van der Waals surface area (Å²) in [5.41, 5.74) is 5.59. The number of nitrogens with two attached hydrogens (primary N) is 1. The van der Waals surface area contributed by atoms with E-state index in [2.05, 4.69) is 0 Å². The smallest absolute Gasteiger partial charge is 0.311 e. The number of halogens is 1. The lowest BCUT2D eigenvalue weighted by Crippen LogP contribution is -2.28. The molecule has 19 heavy (non-hydrogen) atoms. The fraction of sp³-hybridized carbons (Fsp3) is 0.846. The summed E-state index contributed by atoms with van der Waals surface area (Å²) in [6.07, 6.45) is 3.59. The maximum Gasteiger partial charge on any atom is 0.311 e. The lowest BCUT2D eigenvalue weighted by Gasteiger charge is -2.26. The second kappa shape index (κ2) is 9.15. The average Bonchev–Trinajstić information content (AvgIpc) is 2.38. The van der Waals surface area contributed by atoms with E-state index in [1.54, 1.807) is 13.8 Å². The van der Waals surface area contributed by atoms with Crippen LogP contribution in [0.5, 0.6) is 0 Å². The Bertz CT molecular complexity index is 288. The third kappa shape index (κ3) is 6.25. The van der Waals surface area contributed by atoms with Crippen LogP contribution < -0.4 is 5.73 Å². The molecule has 112 valence electrons.